The molecule has 0 aromatic rings. The van der Waals surface area contributed by atoms with Crippen LogP contribution in [0.25, 0.3) is 0 Å². The largest absolute Gasteiger partial charge is 0.395 e. The van der Waals surface area contributed by atoms with Crippen LogP contribution in [0, 0.1) is 0 Å². The number of carbonyl (C=O) groups excluding carboxylic acids is 1. The molecule has 1 saturated heterocycles. The summed E-state index contributed by atoms with van der Waals surface area (Å²) in [5.41, 5.74) is 0. The monoisotopic (exact) mass is 264 g/mol. The summed E-state index contributed by atoms with van der Waals surface area (Å²) in [5, 5.41) is 8.59. The Kier molecular flexibility index (Phi) is 5.35. The molecule has 7 heteroatoms. The van der Waals surface area contributed by atoms with E-state index in [-0.39, 0.29) is 11.7 Å². The second-order valence-corrected chi connectivity index (χ2v) is 6.14. The maximum Gasteiger partial charge on any atom is 0.240 e. The SMILES string of the molecule is CC(NS(=O)(=O)CCO)C(=O)N1CCCCC1. The van der Waals surface area contributed by atoms with Crippen LogP contribution in [0.5, 0.6) is 0 Å². The number of rotatable bonds is 5. The summed E-state index contributed by atoms with van der Waals surface area (Å²) in [4.78, 5) is 13.6. The molecule has 0 aliphatic carbocycles. The smallest absolute Gasteiger partial charge is 0.240 e. The van der Waals surface area contributed by atoms with Crippen molar-refractivity contribution in [3.8, 4) is 0 Å². The minimum atomic E-state index is -3.56. The van der Waals surface area contributed by atoms with Gasteiger partial charge >= 0.3 is 0 Å². The standard InChI is InChI=1S/C10H20N2O4S/c1-9(11-17(15,16)8-7-13)10(14)12-5-3-2-4-6-12/h9,11,13H,2-8H2,1H3. The van der Waals surface area contributed by atoms with Crippen molar-refractivity contribution in [2.75, 3.05) is 25.4 Å². The number of aliphatic hydroxyl groups excluding tert-OH is 1. The van der Waals surface area contributed by atoms with Crippen LogP contribution < -0.4 is 4.72 Å². The Balaban J connectivity index is 2.51. The zero-order valence-corrected chi connectivity index (χ0v) is 10.9. The van der Waals surface area contributed by atoms with Crippen molar-refractivity contribution in [1.82, 2.24) is 9.62 Å². The lowest BCUT2D eigenvalue weighted by molar-refractivity contribution is -0.133. The molecule has 1 fully saturated rings. The molecule has 0 aromatic carbocycles. The average Bonchev–Trinajstić information content (AvgIpc) is 2.28. The number of aliphatic hydroxyl groups is 1. The molecule has 0 aromatic heterocycles. The topological polar surface area (TPSA) is 86.7 Å². The predicted octanol–water partition coefficient (Wildman–Crippen LogP) is -0.701. The van der Waals surface area contributed by atoms with Crippen molar-refractivity contribution in [2.24, 2.45) is 0 Å². The minimum absolute atomic E-state index is 0.189. The number of carbonyl (C=O) groups is 1. The molecule has 100 valence electrons. The second kappa shape index (κ2) is 6.32. The minimum Gasteiger partial charge on any atom is -0.395 e. The molecule has 1 heterocycles. The maximum absolute atomic E-state index is 11.9. The fourth-order valence-electron chi connectivity index (χ4n) is 1.89. The molecule has 1 unspecified atom stereocenters. The van der Waals surface area contributed by atoms with Gasteiger partial charge in [0.1, 0.15) is 0 Å². The van der Waals surface area contributed by atoms with Crippen molar-refractivity contribution in [1.29, 1.82) is 0 Å². The molecule has 1 aliphatic rings. The predicted molar refractivity (Wildman–Crippen MR) is 63.9 cm³/mol. The second-order valence-electron chi connectivity index (χ2n) is 4.27. The van der Waals surface area contributed by atoms with Crippen LogP contribution in [0.4, 0.5) is 0 Å². The first-order chi connectivity index (χ1) is 7.96. The fraction of sp³-hybridized carbons (Fsp3) is 0.900. The van der Waals surface area contributed by atoms with E-state index in [9.17, 15) is 13.2 Å². The highest BCUT2D eigenvalue weighted by molar-refractivity contribution is 7.89. The lowest BCUT2D eigenvalue weighted by atomic mass is 10.1. The van der Waals surface area contributed by atoms with E-state index in [0.717, 1.165) is 19.3 Å². The van der Waals surface area contributed by atoms with Gasteiger partial charge in [0.2, 0.25) is 15.9 Å². The molecule has 0 saturated carbocycles. The van der Waals surface area contributed by atoms with Crippen LogP contribution in [0.3, 0.4) is 0 Å². The molecular formula is C10H20N2O4S. The van der Waals surface area contributed by atoms with Gasteiger partial charge < -0.3 is 10.0 Å². The van der Waals surface area contributed by atoms with Gasteiger partial charge in [-0.25, -0.2) is 13.1 Å². The summed E-state index contributed by atoms with van der Waals surface area (Å²) in [7, 11) is -3.56. The number of nitrogens with zero attached hydrogens (tertiary/aromatic N) is 1. The van der Waals surface area contributed by atoms with Crippen molar-refractivity contribution in [3.05, 3.63) is 0 Å². The summed E-state index contributed by atoms with van der Waals surface area (Å²) >= 11 is 0. The van der Waals surface area contributed by atoms with Crippen molar-refractivity contribution < 1.29 is 18.3 Å². The Hall–Kier alpha value is -0.660. The third kappa shape index (κ3) is 4.61. The van der Waals surface area contributed by atoms with Gasteiger partial charge in [0.15, 0.2) is 0 Å². The molecule has 1 rings (SSSR count). The number of likely N-dealkylation sites (tertiary alicyclic amines) is 1. The van der Waals surface area contributed by atoms with Gasteiger partial charge in [0.25, 0.3) is 0 Å². The van der Waals surface area contributed by atoms with E-state index in [2.05, 4.69) is 4.72 Å². The molecule has 2 N–H and O–H groups in total. The first-order valence-electron chi connectivity index (χ1n) is 5.86. The molecule has 6 nitrogen and oxygen atoms in total. The Morgan fingerprint density at radius 1 is 1.35 bits per heavy atom. The van der Waals surface area contributed by atoms with Crippen molar-refractivity contribution in [3.63, 3.8) is 0 Å². The lowest BCUT2D eigenvalue weighted by Gasteiger charge is -2.29. The van der Waals surface area contributed by atoms with E-state index in [1.165, 1.54) is 6.92 Å². The van der Waals surface area contributed by atoms with E-state index in [4.69, 9.17) is 5.11 Å². The summed E-state index contributed by atoms with van der Waals surface area (Å²) in [6.45, 7) is 2.49. The normalized spacial score (nSPS) is 19.1. The molecule has 1 amide bonds. The van der Waals surface area contributed by atoms with Gasteiger partial charge in [-0.15, -0.1) is 0 Å². The molecule has 1 atom stereocenters. The molecule has 1 aliphatic heterocycles. The van der Waals surface area contributed by atoms with Crippen molar-refractivity contribution >= 4 is 15.9 Å². The van der Waals surface area contributed by atoms with Gasteiger partial charge in [-0.05, 0) is 26.2 Å². The highest BCUT2D eigenvalue weighted by Gasteiger charge is 2.25. The Bertz CT molecular complexity index is 349. The summed E-state index contributed by atoms with van der Waals surface area (Å²) in [6.07, 6.45) is 3.07. The van der Waals surface area contributed by atoms with Gasteiger partial charge in [-0.1, -0.05) is 0 Å². The number of nitrogens with one attached hydrogen (secondary N) is 1. The Morgan fingerprint density at radius 3 is 2.47 bits per heavy atom. The maximum atomic E-state index is 11.9. The van der Waals surface area contributed by atoms with Gasteiger partial charge in [-0.3, -0.25) is 4.79 Å². The fourth-order valence-corrected chi connectivity index (χ4v) is 2.88. The van der Waals surface area contributed by atoms with Crippen LogP contribution in [-0.4, -0.2) is 55.8 Å². The third-order valence-electron chi connectivity index (χ3n) is 2.75. The van der Waals surface area contributed by atoms with E-state index < -0.39 is 22.7 Å². The lowest BCUT2D eigenvalue weighted by Crippen LogP contribution is -2.49. The molecule has 17 heavy (non-hydrogen) atoms. The van der Waals surface area contributed by atoms with Gasteiger partial charge in [0, 0.05) is 13.1 Å². The summed E-state index contributed by atoms with van der Waals surface area (Å²) in [5.74, 6) is -0.559. The van der Waals surface area contributed by atoms with Crippen LogP contribution in [0.1, 0.15) is 26.2 Å². The Labute approximate surface area is 102 Å². The Morgan fingerprint density at radius 2 is 1.94 bits per heavy atom. The van der Waals surface area contributed by atoms with E-state index in [1.807, 2.05) is 0 Å². The number of hydrogen-bond acceptors (Lipinski definition) is 4. The van der Waals surface area contributed by atoms with E-state index >= 15 is 0 Å². The van der Waals surface area contributed by atoms with Gasteiger partial charge in [-0.2, -0.15) is 0 Å². The number of amides is 1. The molecule has 0 bridgehead atoms. The molecule has 0 radical (unpaired) electrons. The third-order valence-corrected chi connectivity index (χ3v) is 4.19. The summed E-state index contributed by atoms with van der Waals surface area (Å²) < 4.78 is 25.0. The van der Waals surface area contributed by atoms with Gasteiger partial charge in [0.05, 0.1) is 18.4 Å². The molecular weight excluding hydrogens is 244 g/mol. The van der Waals surface area contributed by atoms with E-state index in [0.29, 0.717) is 13.1 Å². The number of piperidine rings is 1. The summed E-state index contributed by atoms with van der Waals surface area (Å²) in [6, 6.07) is -0.760. The van der Waals surface area contributed by atoms with E-state index in [1.54, 1.807) is 4.90 Å². The first kappa shape index (κ1) is 14.4. The zero-order chi connectivity index (χ0) is 12.9. The van der Waals surface area contributed by atoms with Crippen LogP contribution in [0.15, 0.2) is 0 Å². The van der Waals surface area contributed by atoms with Crippen molar-refractivity contribution in [2.45, 2.75) is 32.2 Å². The molecule has 0 spiro atoms. The first-order valence-corrected chi connectivity index (χ1v) is 7.51. The highest BCUT2D eigenvalue weighted by Crippen LogP contribution is 2.10. The zero-order valence-electron chi connectivity index (χ0n) is 10.1. The highest BCUT2D eigenvalue weighted by atomic mass is 32.2. The number of hydrogen-bond donors (Lipinski definition) is 2. The van der Waals surface area contributed by atoms with Crippen LogP contribution in [0.2, 0.25) is 0 Å². The van der Waals surface area contributed by atoms with Crippen LogP contribution >= 0.6 is 0 Å². The quantitative estimate of drug-likeness (QED) is 0.687. The average molecular weight is 264 g/mol. The number of sulfonamides is 1. The van der Waals surface area contributed by atoms with Crippen LogP contribution in [-0.2, 0) is 14.8 Å².